The Labute approximate surface area is 126 Å². The normalized spacial score (nSPS) is 10.4. The van der Waals surface area contributed by atoms with Gasteiger partial charge < -0.3 is 15.4 Å². The molecule has 22 heavy (non-hydrogen) atoms. The second-order valence-electron chi connectivity index (χ2n) is 4.69. The smallest absolute Gasteiger partial charge is 0.319 e. The molecule has 0 aliphatic rings. The highest BCUT2D eigenvalue weighted by molar-refractivity contribution is 5.92. The predicted octanol–water partition coefficient (Wildman–Crippen LogP) is 2.29. The second-order valence-corrected chi connectivity index (χ2v) is 4.69. The number of hydrogen-bond donors (Lipinski definition) is 3. The average Bonchev–Trinajstić information content (AvgIpc) is 3.01. The van der Waals surface area contributed by atoms with Crippen LogP contribution in [-0.2, 0) is 6.54 Å². The molecule has 112 valence electrons. The Balaban J connectivity index is 1.57. The Morgan fingerprint density at radius 3 is 2.95 bits per heavy atom. The van der Waals surface area contributed by atoms with Gasteiger partial charge in [0.2, 0.25) is 5.88 Å². The van der Waals surface area contributed by atoms with Gasteiger partial charge >= 0.3 is 6.03 Å². The molecule has 3 N–H and O–H groups in total. The lowest BCUT2D eigenvalue weighted by atomic mass is 10.2. The third-order valence-electron chi connectivity index (χ3n) is 3.16. The van der Waals surface area contributed by atoms with Gasteiger partial charge in [-0.15, -0.1) is 0 Å². The van der Waals surface area contributed by atoms with Crippen LogP contribution in [0, 0.1) is 0 Å². The molecule has 2 amide bonds. The van der Waals surface area contributed by atoms with Gasteiger partial charge in [-0.2, -0.15) is 5.10 Å². The largest absolute Gasteiger partial charge is 0.481 e. The topological polar surface area (TPSA) is 91.9 Å². The summed E-state index contributed by atoms with van der Waals surface area (Å²) in [6.07, 6.45) is 3.37. The van der Waals surface area contributed by atoms with Crippen molar-refractivity contribution in [3.8, 4) is 5.88 Å². The second kappa shape index (κ2) is 6.13. The Morgan fingerprint density at radius 2 is 2.18 bits per heavy atom. The number of amides is 2. The van der Waals surface area contributed by atoms with Gasteiger partial charge in [0, 0.05) is 29.9 Å². The number of rotatable bonds is 4. The summed E-state index contributed by atoms with van der Waals surface area (Å²) in [6.45, 7) is 0.386. The quantitative estimate of drug-likeness (QED) is 0.689. The lowest BCUT2D eigenvalue weighted by Crippen LogP contribution is -2.28. The SMILES string of the molecule is COc1ccc(CNC(=O)Nc2ccc3[nH]ncc3c2)cn1. The molecule has 0 unspecified atom stereocenters. The number of carbonyl (C=O) groups excluding carboxylic acids is 1. The van der Waals surface area contributed by atoms with Crippen LogP contribution in [0.4, 0.5) is 10.5 Å². The zero-order valence-corrected chi connectivity index (χ0v) is 12.0. The Kier molecular flexibility index (Phi) is 3.86. The molecule has 3 rings (SSSR count). The van der Waals surface area contributed by atoms with E-state index in [0.717, 1.165) is 16.5 Å². The number of urea groups is 1. The Morgan fingerprint density at radius 1 is 1.27 bits per heavy atom. The van der Waals surface area contributed by atoms with E-state index in [1.807, 2.05) is 24.3 Å². The molecular weight excluding hydrogens is 282 g/mol. The molecule has 3 aromatic rings. The van der Waals surface area contributed by atoms with Crippen LogP contribution in [-0.4, -0.2) is 28.3 Å². The van der Waals surface area contributed by atoms with Gasteiger partial charge in [0.15, 0.2) is 0 Å². The zero-order valence-electron chi connectivity index (χ0n) is 12.0. The number of ether oxygens (including phenoxy) is 1. The number of methoxy groups -OCH3 is 1. The number of benzene rings is 1. The number of pyridine rings is 1. The number of fused-ring (bicyclic) bond motifs is 1. The van der Waals surface area contributed by atoms with Crippen LogP contribution >= 0.6 is 0 Å². The number of nitrogens with one attached hydrogen (secondary N) is 3. The molecule has 7 heteroatoms. The van der Waals surface area contributed by atoms with E-state index in [0.29, 0.717) is 18.1 Å². The first-order chi connectivity index (χ1) is 10.7. The maximum absolute atomic E-state index is 11.9. The first kappa shape index (κ1) is 13.9. The van der Waals surface area contributed by atoms with Gasteiger partial charge in [-0.05, 0) is 23.8 Å². The van der Waals surface area contributed by atoms with Crippen molar-refractivity contribution in [2.75, 3.05) is 12.4 Å². The van der Waals surface area contributed by atoms with Gasteiger partial charge in [0.25, 0.3) is 0 Å². The minimum Gasteiger partial charge on any atom is -0.481 e. The van der Waals surface area contributed by atoms with Gasteiger partial charge in [-0.25, -0.2) is 9.78 Å². The van der Waals surface area contributed by atoms with E-state index in [1.54, 1.807) is 25.6 Å². The van der Waals surface area contributed by atoms with Crippen LogP contribution < -0.4 is 15.4 Å². The number of aromatic nitrogens is 3. The van der Waals surface area contributed by atoms with Crippen molar-refractivity contribution in [3.63, 3.8) is 0 Å². The monoisotopic (exact) mass is 297 g/mol. The van der Waals surface area contributed by atoms with Crippen LogP contribution in [0.1, 0.15) is 5.56 Å². The van der Waals surface area contributed by atoms with Crippen molar-refractivity contribution >= 4 is 22.6 Å². The van der Waals surface area contributed by atoms with E-state index in [-0.39, 0.29) is 6.03 Å². The van der Waals surface area contributed by atoms with Gasteiger partial charge in [0.05, 0.1) is 18.8 Å². The Hall–Kier alpha value is -3.09. The number of aromatic amines is 1. The molecule has 7 nitrogen and oxygen atoms in total. The van der Waals surface area contributed by atoms with Crippen molar-refractivity contribution in [1.29, 1.82) is 0 Å². The van der Waals surface area contributed by atoms with Crippen molar-refractivity contribution in [2.45, 2.75) is 6.54 Å². The van der Waals surface area contributed by atoms with Crippen molar-refractivity contribution < 1.29 is 9.53 Å². The summed E-state index contributed by atoms with van der Waals surface area (Å²) in [6, 6.07) is 8.86. The molecule has 0 radical (unpaired) electrons. The minimum absolute atomic E-state index is 0.279. The molecule has 0 saturated carbocycles. The molecule has 2 aromatic heterocycles. The fourth-order valence-corrected chi connectivity index (χ4v) is 2.01. The average molecular weight is 297 g/mol. The summed E-state index contributed by atoms with van der Waals surface area (Å²) in [4.78, 5) is 16.0. The number of nitrogens with zero attached hydrogens (tertiary/aromatic N) is 2. The highest BCUT2D eigenvalue weighted by Gasteiger charge is 2.04. The summed E-state index contributed by atoms with van der Waals surface area (Å²) in [5.41, 5.74) is 2.52. The first-order valence-electron chi connectivity index (χ1n) is 6.71. The van der Waals surface area contributed by atoms with Crippen LogP contribution in [0.2, 0.25) is 0 Å². The van der Waals surface area contributed by atoms with E-state index in [9.17, 15) is 4.79 Å². The third-order valence-corrected chi connectivity index (χ3v) is 3.16. The van der Waals surface area contributed by atoms with Crippen molar-refractivity contribution in [3.05, 3.63) is 48.3 Å². The highest BCUT2D eigenvalue weighted by atomic mass is 16.5. The molecule has 0 aliphatic heterocycles. The van der Waals surface area contributed by atoms with Crippen LogP contribution in [0.5, 0.6) is 5.88 Å². The van der Waals surface area contributed by atoms with E-state index in [1.165, 1.54) is 0 Å². The van der Waals surface area contributed by atoms with Crippen molar-refractivity contribution in [1.82, 2.24) is 20.5 Å². The van der Waals surface area contributed by atoms with Gasteiger partial charge in [0.1, 0.15) is 0 Å². The molecule has 0 saturated heterocycles. The Bertz CT molecular complexity index is 782. The highest BCUT2D eigenvalue weighted by Crippen LogP contribution is 2.16. The van der Waals surface area contributed by atoms with E-state index in [2.05, 4.69) is 25.8 Å². The summed E-state index contributed by atoms with van der Waals surface area (Å²) in [7, 11) is 1.56. The summed E-state index contributed by atoms with van der Waals surface area (Å²) in [5, 5.41) is 13.3. The molecule has 2 heterocycles. The molecule has 0 aliphatic carbocycles. The predicted molar refractivity (Wildman–Crippen MR) is 82.7 cm³/mol. The lowest BCUT2D eigenvalue weighted by Gasteiger charge is -2.08. The number of H-pyrrole nitrogens is 1. The molecule has 1 aromatic carbocycles. The van der Waals surface area contributed by atoms with Gasteiger partial charge in [-0.1, -0.05) is 6.07 Å². The lowest BCUT2D eigenvalue weighted by molar-refractivity contribution is 0.251. The van der Waals surface area contributed by atoms with Crippen LogP contribution in [0.25, 0.3) is 10.9 Å². The maximum Gasteiger partial charge on any atom is 0.319 e. The van der Waals surface area contributed by atoms with Crippen LogP contribution in [0.15, 0.2) is 42.7 Å². The molecule has 0 bridgehead atoms. The van der Waals surface area contributed by atoms with E-state index < -0.39 is 0 Å². The fourth-order valence-electron chi connectivity index (χ4n) is 2.01. The van der Waals surface area contributed by atoms with Crippen LogP contribution in [0.3, 0.4) is 0 Å². The number of carbonyl (C=O) groups is 1. The van der Waals surface area contributed by atoms with E-state index >= 15 is 0 Å². The molecule has 0 atom stereocenters. The zero-order chi connectivity index (χ0) is 15.4. The molecule has 0 spiro atoms. The summed E-state index contributed by atoms with van der Waals surface area (Å²) >= 11 is 0. The summed E-state index contributed by atoms with van der Waals surface area (Å²) < 4.78 is 4.98. The minimum atomic E-state index is -0.279. The van der Waals surface area contributed by atoms with E-state index in [4.69, 9.17) is 4.74 Å². The fraction of sp³-hybridized carbons (Fsp3) is 0.133. The molecular formula is C15H15N5O2. The maximum atomic E-state index is 11.9. The van der Waals surface area contributed by atoms with Crippen molar-refractivity contribution in [2.24, 2.45) is 0 Å². The number of anilines is 1. The molecule has 0 fully saturated rings. The third kappa shape index (κ3) is 3.14. The first-order valence-corrected chi connectivity index (χ1v) is 6.71. The van der Waals surface area contributed by atoms with Gasteiger partial charge in [-0.3, -0.25) is 5.10 Å². The number of hydrogen-bond acceptors (Lipinski definition) is 4. The summed E-state index contributed by atoms with van der Waals surface area (Å²) in [5.74, 6) is 0.543. The standard InChI is InChI=1S/C15H15N5O2/c1-22-14-5-2-10(7-16-14)8-17-15(21)19-12-3-4-13-11(6-12)9-18-20-13/h2-7,9H,8H2,1H3,(H,18,20)(H2,17,19,21).